The van der Waals surface area contributed by atoms with Crippen LogP contribution in [-0.2, 0) is 16.0 Å². The maximum absolute atomic E-state index is 14.9. The third-order valence-corrected chi connectivity index (χ3v) is 5.61. The average Bonchev–Trinajstić information content (AvgIpc) is 3.41. The number of nitrogens with zero attached hydrogens (tertiary/aromatic N) is 6. The van der Waals surface area contributed by atoms with Gasteiger partial charge in [-0.05, 0) is 38.0 Å². The molecule has 0 bridgehead atoms. The van der Waals surface area contributed by atoms with Crippen molar-refractivity contribution in [3.63, 3.8) is 0 Å². The van der Waals surface area contributed by atoms with Gasteiger partial charge in [0.15, 0.2) is 5.69 Å². The highest BCUT2D eigenvalue weighted by Gasteiger charge is 2.34. The first-order chi connectivity index (χ1) is 16.0. The Kier molecular flexibility index (Phi) is 6.53. The van der Waals surface area contributed by atoms with Gasteiger partial charge < -0.3 is 14.4 Å². The molecule has 1 aromatic carbocycles. The Hall–Kier alpha value is -3.94. The molecule has 0 spiro atoms. The molecule has 11 heteroatoms. The number of anilines is 2. The van der Waals surface area contributed by atoms with Gasteiger partial charge in [0.2, 0.25) is 0 Å². The van der Waals surface area contributed by atoms with Crippen molar-refractivity contribution in [3.05, 3.63) is 47.6 Å². The smallest absolute Gasteiger partial charge is 0.414 e. The zero-order valence-corrected chi connectivity index (χ0v) is 18.1. The van der Waals surface area contributed by atoms with Crippen LogP contribution in [0.2, 0.25) is 0 Å². The molecule has 2 aliphatic heterocycles. The van der Waals surface area contributed by atoms with Gasteiger partial charge in [-0.15, -0.1) is 5.10 Å². The number of benzene rings is 1. The van der Waals surface area contributed by atoms with Gasteiger partial charge in [0.05, 0.1) is 43.3 Å². The molecule has 172 valence electrons. The third kappa shape index (κ3) is 4.79. The minimum Gasteiger partial charge on any atom is -0.461 e. The molecule has 0 aliphatic carbocycles. The van der Waals surface area contributed by atoms with E-state index in [0.29, 0.717) is 37.3 Å². The number of carbonyl (C=O) groups is 2. The lowest BCUT2D eigenvalue weighted by Crippen LogP contribution is -2.31. The summed E-state index contributed by atoms with van der Waals surface area (Å²) in [6.45, 7) is 3.44. The predicted molar refractivity (Wildman–Crippen MR) is 115 cm³/mol. The molecule has 1 aromatic heterocycles. The monoisotopic (exact) mass is 454 g/mol. The SMILES string of the molecule is CCOC(=O)c1cnnn1C[C@@H]1CN(c2ccc(N3CCC(=CC#N)CC3)c(F)c2)C(=O)O1. The van der Waals surface area contributed by atoms with Crippen molar-refractivity contribution < 1.29 is 23.5 Å². The van der Waals surface area contributed by atoms with Gasteiger partial charge in [-0.3, -0.25) is 4.90 Å². The number of carbonyl (C=O) groups excluding carboxylic acids is 2. The van der Waals surface area contributed by atoms with Crippen LogP contribution in [0.15, 0.2) is 36.0 Å². The first kappa shape index (κ1) is 22.3. The van der Waals surface area contributed by atoms with Crippen LogP contribution in [0, 0.1) is 17.1 Å². The average molecular weight is 454 g/mol. The van der Waals surface area contributed by atoms with Crippen molar-refractivity contribution in [2.45, 2.75) is 32.4 Å². The van der Waals surface area contributed by atoms with Crippen LogP contribution in [-0.4, -0.2) is 59.4 Å². The minimum absolute atomic E-state index is 0.114. The molecule has 2 fully saturated rings. The molecule has 33 heavy (non-hydrogen) atoms. The lowest BCUT2D eigenvalue weighted by Gasteiger charge is -2.30. The van der Waals surface area contributed by atoms with E-state index in [1.807, 2.05) is 11.0 Å². The van der Waals surface area contributed by atoms with E-state index >= 15 is 0 Å². The number of hydrogen-bond acceptors (Lipinski definition) is 8. The van der Waals surface area contributed by atoms with E-state index in [1.54, 1.807) is 25.1 Å². The Bertz CT molecular complexity index is 1110. The molecule has 2 aliphatic rings. The van der Waals surface area contributed by atoms with Crippen molar-refractivity contribution in [1.82, 2.24) is 15.0 Å². The van der Waals surface area contributed by atoms with Crippen molar-refractivity contribution in [2.24, 2.45) is 0 Å². The summed E-state index contributed by atoms with van der Waals surface area (Å²) in [4.78, 5) is 27.7. The highest BCUT2D eigenvalue weighted by atomic mass is 19.1. The van der Waals surface area contributed by atoms with Crippen molar-refractivity contribution in [1.29, 1.82) is 5.26 Å². The zero-order valence-electron chi connectivity index (χ0n) is 18.1. The van der Waals surface area contributed by atoms with E-state index in [2.05, 4.69) is 10.3 Å². The van der Waals surface area contributed by atoms with Crippen molar-refractivity contribution in [3.8, 4) is 6.07 Å². The lowest BCUT2D eigenvalue weighted by atomic mass is 10.0. The largest absolute Gasteiger partial charge is 0.461 e. The quantitative estimate of drug-likeness (QED) is 0.484. The number of halogens is 1. The second-order valence-electron chi connectivity index (χ2n) is 7.69. The van der Waals surface area contributed by atoms with E-state index < -0.39 is 24.0 Å². The fraction of sp³-hybridized carbons (Fsp3) is 0.409. The van der Waals surface area contributed by atoms with Gasteiger partial charge in [-0.1, -0.05) is 10.8 Å². The fourth-order valence-electron chi connectivity index (χ4n) is 3.97. The van der Waals surface area contributed by atoms with Gasteiger partial charge in [0, 0.05) is 19.2 Å². The summed E-state index contributed by atoms with van der Waals surface area (Å²) in [5.74, 6) is -0.994. The molecule has 1 amide bonds. The molecule has 0 N–H and O–H groups in total. The van der Waals surface area contributed by atoms with Crippen LogP contribution in [0.4, 0.5) is 20.6 Å². The Morgan fingerprint density at radius 3 is 2.88 bits per heavy atom. The topological polar surface area (TPSA) is 114 Å². The summed E-state index contributed by atoms with van der Waals surface area (Å²) >= 11 is 0. The molecule has 3 heterocycles. The number of hydrogen-bond donors (Lipinski definition) is 0. The summed E-state index contributed by atoms with van der Waals surface area (Å²) < 4.78 is 26.6. The van der Waals surface area contributed by atoms with Crippen molar-refractivity contribution in [2.75, 3.05) is 36.0 Å². The molecule has 2 saturated heterocycles. The summed E-state index contributed by atoms with van der Waals surface area (Å²) in [7, 11) is 0. The van der Waals surface area contributed by atoms with Crippen LogP contribution in [0.3, 0.4) is 0 Å². The Labute approximate surface area is 189 Å². The molecule has 0 radical (unpaired) electrons. The van der Waals surface area contributed by atoms with Crippen LogP contribution in [0.5, 0.6) is 0 Å². The summed E-state index contributed by atoms with van der Waals surface area (Å²) in [5, 5.41) is 16.4. The number of piperidine rings is 1. The number of ether oxygens (including phenoxy) is 2. The van der Waals surface area contributed by atoms with Gasteiger partial charge in [-0.2, -0.15) is 5.26 Å². The number of allylic oxidation sites excluding steroid dienone is 1. The molecule has 10 nitrogen and oxygen atoms in total. The number of aromatic nitrogens is 3. The van der Waals surface area contributed by atoms with Crippen LogP contribution in [0.25, 0.3) is 0 Å². The van der Waals surface area contributed by atoms with E-state index in [0.717, 1.165) is 5.57 Å². The van der Waals surface area contributed by atoms with Crippen LogP contribution < -0.4 is 9.80 Å². The Balaban J connectivity index is 1.42. The molecule has 0 unspecified atom stereocenters. The maximum Gasteiger partial charge on any atom is 0.414 e. The standard InChI is InChI=1S/C22H23FN6O4/c1-2-32-21(30)20-12-25-26-29(20)14-17-13-28(22(31)33-17)16-3-4-19(18(23)11-16)27-9-6-15(5-8-24)7-10-27/h3-5,11-12,17H,2,6-7,9-10,13-14H2,1H3/t17-/m0/s1. The molecule has 2 aromatic rings. The van der Waals surface area contributed by atoms with Crippen molar-refractivity contribution >= 4 is 23.4 Å². The molecular weight excluding hydrogens is 431 g/mol. The van der Waals surface area contributed by atoms with E-state index in [9.17, 15) is 14.0 Å². The van der Waals surface area contributed by atoms with Gasteiger partial charge in [0.1, 0.15) is 11.9 Å². The summed E-state index contributed by atoms with van der Waals surface area (Å²) in [6, 6.07) is 6.70. The van der Waals surface area contributed by atoms with Crippen LogP contribution in [0.1, 0.15) is 30.3 Å². The first-order valence-electron chi connectivity index (χ1n) is 10.7. The molecule has 4 rings (SSSR count). The fourth-order valence-corrected chi connectivity index (χ4v) is 3.97. The Morgan fingerprint density at radius 2 is 2.18 bits per heavy atom. The predicted octanol–water partition coefficient (Wildman–Crippen LogP) is 2.67. The molecular formula is C22H23FN6O4. The normalized spacial score (nSPS) is 18.2. The zero-order chi connectivity index (χ0) is 23.4. The molecule has 1 atom stereocenters. The molecule has 0 saturated carbocycles. The number of nitriles is 1. The number of esters is 1. The second-order valence-corrected chi connectivity index (χ2v) is 7.69. The van der Waals surface area contributed by atoms with E-state index in [1.165, 1.54) is 21.8 Å². The number of amides is 1. The Morgan fingerprint density at radius 1 is 1.39 bits per heavy atom. The van der Waals surface area contributed by atoms with Gasteiger partial charge in [-0.25, -0.2) is 18.7 Å². The highest BCUT2D eigenvalue weighted by Crippen LogP contribution is 2.30. The van der Waals surface area contributed by atoms with Crippen LogP contribution >= 0.6 is 0 Å². The first-order valence-corrected chi connectivity index (χ1v) is 10.7. The highest BCUT2D eigenvalue weighted by molar-refractivity contribution is 5.90. The van der Waals surface area contributed by atoms with E-state index in [4.69, 9.17) is 14.7 Å². The minimum atomic E-state index is -0.603. The third-order valence-electron chi connectivity index (χ3n) is 5.61. The number of cyclic esters (lactones) is 1. The summed E-state index contributed by atoms with van der Waals surface area (Å²) in [6.07, 6.45) is 3.08. The van der Waals surface area contributed by atoms with Gasteiger partial charge in [0.25, 0.3) is 0 Å². The maximum atomic E-state index is 14.9. The number of rotatable bonds is 6. The van der Waals surface area contributed by atoms with Gasteiger partial charge >= 0.3 is 12.1 Å². The lowest BCUT2D eigenvalue weighted by molar-refractivity contribution is 0.0507. The van der Waals surface area contributed by atoms with E-state index in [-0.39, 0.29) is 25.4 Å². The summed E-state index contributed by atoms with van der Waals surface area (Å²) in [5.41, 5.74) is 2.07. The second kappa shape index (κ2) is 9.68.